The summed E-state index contributed by atoms with van der Waals surface area (Å²) in [7, 11) is 0. The molecule has 0 amide bonds. The van der Waals surface area contributed by atoms with E-state index in [1.165, 1.54) is 18.5 Å². The normalized spacial score (nSPS) is 23.4. The van der Waals surface area contributed by atoms with Crippen molar-refractivity contribution < 1.29 is 0 Å². The molecule has 1 saturated heterocycles. The van der Waals surface area contributed by atoms with E-state index in [2.05, 4.69) is 61.8 Å². The van der Waals surface area contributed by atoms with Gasteiger partial charge in [0.15, 0.2) is 0 Å². The first-order chi connectivity index (χ1) is 9.50. The number of rotatable bonds is 5. The molecular formula is C16H30N4. The molecule has 1 aromatic heterocycles. The maximum atomic E-state index is 4.72. The zero-order valence-corrected chi connectivity index (χ0v) is 13.7. The second-order valence-electron chi connectivity index (χ2n) is 6.47. The summed E-state index contributed by atoms with van der Waals surface area (Å²) in [4.78, 5) is 2.64. The molecule has 114 valence electrons. The van der Waals surface area contributed by atoms with Gasteiger partial charge in [0.05, 0.1) is 5.69 Å². The quantitative estimate of drug-likeness (QED) is 0.899. The summed E-state index contributed by atoms with van der Waals surface area (Å²) in [5, 5.41) is 8.36. The van der Waals surface area contributed by atoms with Crippen molar-refractivity contribution in [1.29, 1.82) is 0 Å². The molecule has 1 fully saturated rings. The summed E-state index contributed by atoms with van der Waals surface area (Å²) in [6.45, 7) is 14.4. The van der Waals surface area contributed by atoms with Gasteiger partial charge in [-0.25, -0.2) is 0 Å². The average molecular weight is 278 g/mol. The lowest BCUT2D eigenvalue weighted by Gasteiger charge is -2.49. The fraction of sp³-hybridized carbons (Fsp3) is 0.812. The lowest BCUT2D eigenvalue weighted by molar-refractivity contribution is 0.0266. The van der Waals surface area contributed by atoms with Crippen molar-refractivity contribution in [2.45, 2.75) is 71.6 Å². The topological polar surface area (TPSA) is 33.1 Å². The predicted molar refractivity (Wildman–Crippen MR) is 83.8 cm³/mol. The lowest BCUT2D eigenvalue weighted by Crippen LogP contribution is -2.63. The molecule has 0 aromatic carbocycles. The third-order valence-corrected chi connectivity index (χ3v) is 4.81. The highest BCUT2D eigenvalue weighted by atomic mass is 15.3. The van der Waals surface area contributed by atoms with E-state index in [9.17, 15) is 0 Å². The summed E-state index contributed by atoms with van der Waals surface area (Å²) in [6.07, 6.45) is 4.48. The number of nitrogens with zero attached hydrogens (tertiary/aromatic N) is 3. The summed E-state index contributed by atoms with van der Waals surface area (Å²) in [5.41, 5.74) is 1.48. The minimum atomic E-state index is 0.286. The number of hydrogen-bond donors (Lipinski definition) is 1. The van der Waals surface area contributed by atoms with Gasteiger partial charge in [0.1, 0.15) is 0 Å². The van der Waals surface area contributed by atoms with Crippen molar-refractivity contribution in [2.24, 2.45) is 0 Å². The molecule has 2 heterocycles. The van der Waals surface area contributed by atoms with Crippen molar-refractivity contribution >= 4 is 0 Å². The van der Waals surface area contributed by atoms with Crippen LogP contribution in [0.1, 0.15) is 59.2 Å². The molecule has 0 bridgehead atoms. The molecule has 1 N–H and O–H groups in total. The van der Waals surface area contributed by atoms with E-state index in [1.54, 1.807) is 0 Å². The number of piperazine rings is 1. The highest BCUT2D eigenvalue weighted by molar-refractivity contribution is 5.04. The van der Waals surface area contributed by atoms with Crippen LogP contribution in [0.5, 0.6) is 0 Å². The maximum absolute atomic E-state index is 4.72. The van der Waals surface area contributed by atoms with Crippen LogP contribution in [-0.2, 0) is 6.54 Å². The Kier molecular flexibility index (Phi) is 4.86. The maximum Gasteiger partial charge on any atom is 0.0765 e. The monoisotopic (exact) mass is 278 g/mol. The fourth-order valence-electron chi connectivity index (χ4n) is 3.19. The Morgan fingerprint density at radius 3 is 2.65 bits per heavy atom. The summed E-state index contributed by atoms with van der Waals surface area (Å²) in [6, 6.07) is 3.17. The van der Waals surface area contributed by atoms with Gasteiger partial charge >= 0.3 is 0 Å². The highest BCUT2D eigenvalue weighted by Gasteiger charge is 2.37. The molecule has 1 atom stereocenters. The first kappa shape index (κ1) is 15.5. The zero-order chi connectivity index (χ0) is 14.8. The highest BCUT2D eigenvalue weighted by Crippen LogP contribution is 2.28. The Balaban J connectivity index is 2.14. The largest absolute Gasteiger partial charge is 0.311 e. The minimum absolute atomic E-state index is 0.286. The summed E-state index contributed by atoms with van der Waals surface area (Å²) < 4.78 is 2.06. The number of nitrogens with one attached hydrogen (secondary N) is 1. The average Bonchev–Trinajstić information content (AvgIpc) is 2.89. The molecule has 20 heavy (non-hydrogen) atoms. The molecular weight excluding hydrogens is 248 g/mol. The van der Waals surface area contributed by atoms with Gasteiger partial charge in [-0.05, 0) is 39.7 Å². The van der Waals surface area contributed by atoms with Gasteiger partial charge in [0.2, 0.25) is 0 Å². The smallest absolute Gasteiger partial charge is 0.0765 e. The van der Waals surface area contributed by atoms with Crippen LogP contribution < -0.4 is 5.32 Å². The number of hydrogen-bond acceptors (Lipinski definition) is 3. The Morgan fingerprint density at radius 1 is 1.40 bits per heavy atom. The van der Waals surface area contributed by atoms with E-state index in [0.717, 1.165) is 19.6 Å². The molecule has 4 heteroatoms. The molecule has 1 unspecified atom stereocenters. The van der Waals surface area contributed by atoms with Gasteiger partial charge < -0.3 is 5.32 Å². The van der Waals surface area contributed by atoms with Crippen LogP contribution in [0.25, 0.3) is 0 Å². The van der Waals surface area contributed by atoms with E-state index in [4.69, 9.17) is 5.10 Å². The van der Waals surface area contributed by atoms with Crippen LogP contribution >= 0.6 is 0 Å². The van der Waals surface area contributed by atoms with Gasteiger partial charge in [-0.1, -0.05) is 13.8 Å². The summed E-state index contributed by atoms with van der Waals surface area (Å²) >= 11 is 0. The van der Waals surface area contributed by atoms with E-state index in [1.807, 2.05) is 0 Å². The molecule has 1 aliphatic rings. The van der Waals surface area contributed by atoms with Crippen LogP contribution in [0, 0.1) is 0 Å². The van der Waals surface area contributed by atoms with E-state index in [0.29, 0.717) is 12.1 Å². The second-order valence-corrected chi connectivity index (χ2v) is 6.47. The molecule has 0 spiro atoms. The molecule has 1 aliphatic heterocycles. The first-order valence-corrected chi connectivity index (χ1v) is 8.03. The molecule has 0 radical (unpaired) electrons. The van der Waals surface area contributed by atoms with Gasteiger partial charge in [0.25, 0.3) is 0 Å². The molecule has 1 aromatic rings. The fourth-order valence-corrected chi connectivity index (χ4v) is 3.19. The van der Waals surface area contributed by atoms with Crippen molar-refractivity contribution in [3.8, 4) is 0 Å². The van der Waals surface area contributed by atoms with Crippen LogP contribution in [0.15, 0.2) is 12.3 Å². The van der Waals surface area contributed by atoms with Crippen molar-refractivity contribution in [1.82, 2.24) is 20.0 Å². The third kappa shape index (κ3) is 3.07. The lowest BCUT2D eigenvalue weighted by atomic mass is 9.87. The van der Waals surface area contributed by atoms with Crippen LogP contribution in [-0.4, -0.2) is 39.4 Å². The van der Waals surface area contributed by atoms with E-state index in [-0.39, 0.29) is 5.54 Å². The first-order valence-electron chi connectivity index (χ1n) is 8.03. The van der Waals surface area contributed by atoms with Gasteiger partial charge in [-0.2, -0.15) is 5.10 Å². The standard InChI is InChI=1S/C16H30N4/c1-6-16(7-2)12-17-14(5)10-19(16)11-15-8-9-20(18-15)13(3)4/h8-9,13-14,17H,6-7,10-12H2,1-5H3. The van der Waals surface area contributed by atoms with Crippen molar-refractivity contribution in [2.75, 3.05) is 13.1 Å². The van der Waals surface area contributed by atoms with Crippen LogP contribution in [0.4, 0.5) is 0 Å². The van der Waals surface area contributed by atoms with E-state index < -0.39 is 0 Å². The Bertz CT molecular complexity index is 420. The second kappa shape index (κ2) is 6.27. The van der Waals surface area contributed by atoms with Crippen molar-refractivity contribution in [3.63, 3.8) is 0 Å². The van der Waals surface area contributed by atoms with E-state index >= 15 is 0 Å². The Labute approximate surface area is 123 Å². The molecule has 0 aliphatic carbocycles. The van der Waals surface area contributed by atoms with Crippen LogP contribution in [0.3, 0.4) is 0 Å². The number of aromatic nitrogens is 2. The summed E-state index contributed by atoms with van der Waals surface area (Å²) in [5.74, 6) is 0. The molecule has 4 nitrogen and oxygen atoms in total. The third-order valence-electron chi connectivity index (χ3n) is 4.81. The van der Waals surface area contributed by atoms with Crippen LogP contribution in [0.2, 0.25) is 0 Å². The molecule has 0 saturated carbocycles. The van der Waals surface area contributed by atoms with Crippen molar-refractivity contribution in [3.05, 3.63) is 18.0 Å². The van der Waals surface area contributed by atoms with Gasteiger partial charge in [0, 0.05) is 43.5 Å². The van der Waals surface area contributed by atoms with Gasteiger partial charge in [-0.15, -0.1) is 0 Å². The Morgan fingerprint density at radius 2 is 2.10 bits per heavy atom. The predicted octanol–water partition coefficient (Wildman–Crippen LogP) is 2.82. The SMILES string of the molecule is CCC1(CC)CNC(C)CN1Cc1ccn(C(C)C)n1. The zero-order valence-electron chi connectivity index (χ0n) is 13.7. The van der Waals surface area contributed by atoms with Gasteiger partial charge in [-0.3, -0.25) is 9.58 Å². The molecule has 2 rings (SSSR count). The minimum Gasteiger partial charge on any atom is -0.311 e. The Hall–Kier alpha value is -0.870.